The predicted molar refractivity (Wildman–Crippen MR) is 62.9 cm³/mol. The topological polar surface area (TPSA) is 55.6 Å². The van der Waals surface area contributed by atoms with Gasteiger partial charge in [0.2, 0.25) is 5.91 Å². The summed E-state index contributed by atoms with van der Waals surface area (Å²) in [5.41, 5.74) is 5.30. The summed E-state index contributed by atoms with van der Waals surface area (Å²) in [6.45, 7) is -0.0845. The van der Waals surface area contributed by atoms with Crippen LogP contribution in [0.15, 0.2) is 18.2 Å². The van der Waals surface area contributed by atoms with E-state index in [2.05, 4.69) is 0 Å². The van der Waals surface area contributed by atoms with Gasteiger partial charge >= 0.3 is 6.18 Å². The van der Waals surface area contributed by atoms with Crippen molar-refractivity contribution in [3.05, 3.63) is 24.0 Å². The molecule has 0 spiro atoms. The Morgan fingerprint density at radius 3 is 2.65 bits per heavy atom. The largest absolute Gasteiger partial charge is 0.486 e. The van der Waals surface area contributed by atoms with Crippen LogP contribution < -0.4 is 15.4 Å². The number of alkyl halides is 3. The summed E-state index contributed by atoms with van der Waals surface area (Å²) in [5.74, 6) is -1.74. The van der Waals surface area contributed by atoms with Gasteiger partial charge in [-0.05, 0) is 19.1 Å². The summed E-state index contributed by atoms with van der Waals surface area (Å²) >= 11 is 0. The zero-order chi connectivity index (χ0) is 15.1. The number of hydrogen-bond donors (Lipinski definition) is 1. The van der Waals surface area contributed by atoms with Crippen LogP contribution in [0.3, 0.4) is 0 Å². The van der Waals surface area contributed by atoms with Crippen molar-refractivity contribution in [2.75, 3.05) is 11.4 Å². The molecule has 4 nitrogen and oxygen atoms in total. The van der Waals surface area contributed by atoms with Gasteiger partial charge in [0.1, 0.15) is 30.3 Å². The molecule has 1 amide bonds. The molecule has 0 saturated heterocycles. The third-order valence-corrected chi connectivity index (χ3v) is 2.92. The minimum Gasteiger partial charge on any atom is -0.486 e. The zero-order valence-corrected chi connectivity index (χ0v) is 10.4. The molecule has 0 bridgehead atoms. The Bertz CT molecular complexity index is 533. The summed E-state index contributed by atoms with van der Waals surface area (Å²) in [6, 6.07) is 1.78. The average Bonchev–Trinajstić information content (AvgIpc) is 2.41. The average molecular weight is 292 g/mol. The molecule has 1 heterocycles. The highest BCUT2D eigenvalue weighted by atomic mass is 19.4. The number of nitrogens with two attached hydrogens (primary N) is 1. The molecule has 0 aliphatic carbocycles. The molecule has 0 saturated carbocycles. The Balaban J connectivity index is 2.51. The van der Waals surface area contributed by atoms with E-state index in [1.54, 1.807) is 0 Å². The van der Waals surface area contributed by atoms with Gasteiger partial charge < -0.3 is 10.5 Å². The van der Waals surface area contributed by atoms with Gasteiger partial charge in [0.25, 0.3) is 0 Å². The molecule has 0 aromatic heterocycles. The van der Waals surface area contributed by atoms with Crippen LogP contribution >= 0.6 is 0 Å². The number of hydrogen-bond acceptors (Lipinski definition) is 3. The minimum atomic E-state index is -4.63. The molecular formula is C12H12F4N2O2. The lowest BCUT2D eigenvalue weighted by Gasteiger charge is -2.24. The molecule has 1 aliphatic rings. The standard InChI is InChI=1S/C12H12F4N2O2/c1-6-10(17)11(19)18(5-12(14,15)16)8-4-7(13)2-3-9(8)20-6/h2-4,6,10H,5,17H2,1H3/t6-,10+/m0/s1. The van der Waals surface area contributed by atoms with Crippen molar-refractivity contribution in [1.82, 2.24) is 0 Å². The maximum Gasteiger partial charge on any atom is 0.406 e. The maximum atomic E-state index is 13.2. The van der Waals surface area contributed by atoms with Crippen LogP contribution in [0.5, 0.6) is 5.75 Å². The Morgan fingerprint density at radius 1 is 1.40 bits per heavy atom. The summed E-state index contributed by atoms with van der Waals surface area (Å²) in [4.78, 5) is 12.4. The van der Waals surface area contributed by atoms with Crippen LogP contribution in [-0.2, 0) is 4.79 Å². The van der Waals surface area contributed by atoms with E-state index in [4.69, 9.17) is 10.5 Å². The fourth-order valence-corrected chi connectivity index (χ4v) is 1.92. The minimum absolute atomic E-state index is 0.00977. The smallest absolute Gasteiger partial charge is 0.406 e. The second-order valence-corrected chi connectivity index (χ2v) is 4.50. The van der Waals surface area contributed by atoms with Crippen molar-refractivity contribution in [1.29, 1.82) is 0 Å². The number of fused-ring (bicyclic) bond motifs is 1. The van der Waals surface area contributed by atoms with E-state index < -0.39 is 36.6 Å². The molecule has 20 heavy (non-hydrogen) atoms. The van der Waals surface area contributed by atoms with Crippen LogP contribution in [0.2, 0.25) is 0 Å². The number of anilines is 1. The van der Waals surface area contributed by atoms with E-state index >= 15 is 0 Å². The van der Waals surface area contributed by atoms with E-state index in [1.165, 1.54) is 13.0 Å². The first kappa shape index (κ1) is 14.6. The summed E-state index contributed by atoms with van der Waals surface area (Å²) in [6.07, 6.45) is -5.45. The number of carbonyl (C=O) groups is 1. The van der Waals surface area contributed by atoms with E-state index in [9.17, 15) is 22.4 Å². The second kappa shape index (κ2) is 4.93. The van der Waals surface area contributed by atoms with Crippen molar-refractivity contribution in [2.45, 2.75) is 25.2 Å². The van der Waals surface area contributed by atoms with Crippen molar-refractivity contribution < 1.29 is 27.1 Å². The lowest BCUT2D eigenvalue weighted by atomic mass is 10.1. The Kier molecular flexibility index (Phi) is 3.59. The molecule has 2 rings (SSSR count). The summed E-state index contributed by atoms with van der Waals surface area (Å²) < 4.78 is 56.4. The number of carbonyl (C=O) groups excluding carboxylic acids is 1. The van der Waals surface area contributed by atoms with E-state index in [1.807, 2.05) is 0 Å². The van der Waals surface area contributed by atoms with Gasteiger partial charge in [-0.1, -0.05) is 0 Å². The van der Waals surface area contributed by atoms with Crippen LogP contribution in [0.1, 0.15) is 6.92 Å². The summed E-state index contributed by atoms with van der Waals surface area (Å²) in [5, 5.41) is 0. The molecule has 0 radical (unpaired) electrons. The molecule has 2 N–H and O–H groups in total. The van der Waals surface area contributed by atoms with Crippen LogP contribution in [0.25, 0.3) is 0 Å². The monoisotopic (exact) mass is 292 g/mol. The number of rotatable bonds is 1. The van der Waals surface area contributed by atoms with Gasteiger partial charge in [0.05, 0.1) is 5.69 Å². The van der Waals surface area contributed by atoms with Gasteiger partial charge in [0, 0.05) is 6.07 Å². The Labute approximate surface area is 112 Å². The number of nitrogens with zero attached hydrogens (tertiary/aromatic N) is 1. The molecule has 110 valence electrons. The molecule has 1 aromatic rings. The molecule has 2 atom stereocenters. The quantitative estimate of drug-likeness (QED) is 0.803. The third kappa shape index (κ3) is 2.84. The van der Waals surface area contributed by atoms with E-state index in [0.717, 1.165) is 12.1 Å². The third-order valence-electron chi connectivity index (χ3n) is 2.92. The van der Waals surface area contributed by atoms with Crippen LogP contribution in [-0.4, -0.2) is 30.8 Å². The molecule has 0 fully saturated rings. The van der Waals surface area contributed by atoms with Gasteiger partial charge in [-0.2, -0.15) is 13.2 Å². The van der Waals surface area contributed by atoms with Crippen LogP contribution in [0, 0.1) is 5.82 Å². The van der Waals surface area contributed by atoms with Crippen LogP contribution in [0.4, 0.5) is 23.2 Å². The zero-order valence-electron chi connectivity index (χ0n) is 10.4. The lowest BCUT2D eigenvalue weighted by Crippen LogP contribution is -2.51. The number of amides is 1. The van der Waals surface area contributed by atoms with Crippen molar-refractivity contribution in [3.63, 3.8) is 0 Å². The lowest BCUT2D eigenvalue weighted by molar-refractivity contribution is -0.133. The van der Waals surface area contributed by atoms with E-state index in [-0.39, 0.29) is 11.4 Å². The van der Waals surface area contributed by atoms with Gasteiger partial charge in [-0.3, -0.25) is 9.69 Å². The predicted octanol–water partition coefficient (Wildman–Crippen LogP) is 1.83. The SMILES string of the molecule is C[C@@H]1Oc2ccc(F)cc2N(CC(F)(F)F)C(=O)[C@@H]1N. The van der Waals surface area contributed by atoms with Gasteiger partial charge in [-0.15, -0.1) is 0 Å². The van der Waals surface area contributed by atoms with E-state index in [0.29, 0.717) is 4.90 Å². The first-order chi connectivity index (χ1) is 9.19. The molecule has 1 aromatic carbocycles. The fourth-order valence-electron chi connectivity index (χ4n) is 1.92. The normalized spacial score (nSPS) is 23.1. The number of ether oxygens (including phenoxy) is 1. The highest BCUT2D eigenvalue weighted by molar-refractivity contribution is 5.99. The highest BCUT2D eigenvalue weighted by Crippen LogP contribution is 2.35. The second-order valence-electron chi connectivity index (χ2n) is 4.50. The Hall–Kier alpha value is -1.83. The first-order valence-corrected chi connectivity index (χ1v) is 5.79. The first-order valence-electron chi connectivity index (χ1n) is 5.79. The number of halogens is 4. The molecule has 8 heteroatoms. The van der Waals surface area contributed by atoms with Gasteiger partial charge in [-0.25, -0.2) is 4.39 Å². The highest BCUT2D eigenvalue weighted by Gasteiger charge is 2.40. The van der Waals surface area contributed by atoms with Crippen molar-refractivity contribution in [2.24, 2.45) is 5.73 Å². The molecular weight excluding hydrogens is 280 g/mol. The Morgan fingerprint density at radius 2 is 2.05 bits per heavy atom. The summed E-state index contributed by atoms with van der Waals surface area (Å²) in [7, 11) is 0. The van der Waals surface area contributed by atoms with Crippen molar-refractivity contribution >= 4 is 11.6 Å². The molecule has 0 unspecified atom stereocenters. The van der Waals surface area contributed by atoms with Gasteiger partial charge in [0.15, 0.2) is 0 Å². The number of benzene rings is 1. The molecule has 1 aliphatic heterocycles. The van der Waals surface area contributed by atoms with Crippen molar-refractivity contribution in [3.8, 4) is 5.75 Å². The fraction of sp³-hybridized carbons (Fsp3) is 0.417. The maximum absolute atomic E-state index is 13.2.